The number of pyridine rings is 1. The summed E-state index contributed by atoms with van der Waals surface area (Å²) >= 11 is 0. The van der Waals surface area contributed by atoms with Gasteiger partial charge in [-0.25, -0.2) is 0 Å². The van der Waals surface area contributed by atoms with E-state index in [0.29, 0.717) is 6.67 Å². The van der Waals surface area contributed by atoms with Crippen LogP contribution in [0.15, 0.2) is 72.0 Å². The van der Waals surface area contributed by atoms with Gasteiger partial charge in [0.15, 0.2) is 0 Å². The topological polar surface area (TPSA) is 98.9 Å². The average molecular weight is 456 g/mol. The molecule has 1 saturated heterocycles. The van der Waals surface area contributed by atoms with Crippen molar-refractivity contribution in [3.63, 3.8) is 0 Å². The molecule has 3 heterocycles. The summed E-state index contributed by atoms with van der Waals surface area (Å²) < 4.78 is 0. The van der Waals surface area contributed by atoms with Crippen molar-refractivity contribution in [1.82, 2.24) is 20.6 Å². The molecule has 1 amide bonds. The first-order chi connectivity index (χ1) is 16.7. The molecule has 0 bridgehead atoms. The second-order valence-corrected chi connectivity index (χ2v) is 8.67. The number of benzene rings is 2. The normalized spacial score (nSPS) is 16.2. The largest absolute Gasteiger partial charge is 0.363 e. The molecule has 2 aliphatic rings. The van der Waals surface area contributed by atoms with Crippen molar-refractivity contribution in [2.75, 3.05) is 37.7 Å². The van der Waals surface area contributed by atoms with Crippen molar-refractivity contribution < 1.29 is 4.79 Å². The minimum absolute atomic E-state index is 0.229. The van der Waals surface area contributed by atoms with Gasteiger partial charge in [0, 0.05) is 50.2 Å². The number of nitrogens with zero attached hydrogens (tertiary/aromatic N) is 4. The van der Waals surface area contributed by atoms with Crippen LogP contribution in [0, 0.1) is 0 Å². The lowest BCUT2D eigenvalue weighted by atomic mass is 10.0. The molecule has 34 heavy (non-hydrogen) atoms. The zero-order valence-corrected chi connectivity index (χ0v) is 19.1. The highest BCUT2D eigenvalue weighted by Crippen LogP contribution is 2.22. The van der Waals surface area contributed by atoms with Gasteiger partial charge < -0.3 is 16.0 Å². The van der Waals surface area contributed by atoms with Crippen LogP contribution in [-0.4, -0.2) is 54.5 Å². The predicted octanol–water partition coefficient (Wildman–Crippen LogP) is 1.91. The van der Waals surface area contributed by atoms with Crippen LogP contribution in [0.3, 0.4) is 0 Å². The van der Waals surface area contributed by atoms with Crippen molar-refractivity contribution in [2.45, 2.75) is 13.0 Å². The van der Waals surface area contributed by atoms with Crippen LogP contribution in [0.5, 0.6) is 0 Å². The van der Waals surface area contributed by atoms with Gasteiger partial charge >= 0.3 is 0 Å². The number of amides is 1. The number of carbonyl (C=O) groups is 1. The van der Waals surface area contributed by atoms with E-state index in [4.69, 9.17) is 10.7 Å². The highest BCUT2D eigenvalue weighted by Gasteiger charge is 2.23. The first-order valence-corrected chi connectivity index (χ1v) is 11.6. The van der Waals surface area contributed by atoms with Gasteiger partial charge in [0.05, 0.1) is 5.69 Å². The molecule has 174 valence electrons. The number of carbonyl (C=O) groups excluding carboxylic acids is 1. The fourth-order valence-electron chi connectivity index (χ4n) is 4.40. The maximum atomic E-state index is 11.6. The van der Waals surface area contributed by atoms with Crippen LogP contribution < -0.4 is 21.4 Å². The quantitative estimate of drug-likeness (QED) is 0.503. The van der Waals surface area contributed by atoms with Crippen LogP contribution in [0.25, 0.3) is 11.3 Å². The third kappa shape index (κ3) is 5.08. The molecular formula is C26H29N7O. The summed E-state index contributed by atoms with van der Waals surface area (Å²) in [5.74, 6) is -0.316. The SMILES string of the molecule is NC(=O)C1=NNCN1c1ccc(Cc2cccc(-c3ccc(CN4CCNCC4)cn3)c2)cc1. The van der Waals surface area contributed by atoms with E-state index in [1.807, 2.05) is 18.3 Å². The van der Waals surface area contributed by atoms with E-state index in [0.717, 1.165) is 56.1 Å². The van der Waals surface area contributed by atoms with Gasteiger partial charge in [-0.1, -0.05) is 36.4 Å². The van der Waals surface area contributed by atoms with Gasteiger partial charge in [-0.3, -0.25) is 20.1 Å². The van der Waals surface area contributed by atoms with E-state index in [1.54, 1.807) is 4.90 Å². The predicted molar refractivity (Wildman–Crippen MR) is 134 cm³/mol. The van der Waals surface area contributed by atoms with E-state index in [1.165, 1.54) is 16.7 Å². The van der Waals surface area contributed by atoms with Gasteiger partial charge in [0.1, 0.15) is 6.67 Å². The molecule has 4 N–H and O–H groups in total. The molecule has 3 aromatic rings. The Kier molecular flexibility index (Phi) is 6.51. The summed E-state index contributed by atoms with van der Waals surface area (Å²) in [5.41, 5.74) is 14.9. The fourth-order valence-corrected chi connectivity index (χ4v) is 4.40. The van der Waals surface area contributed by atoms with E-state index in [2.05, 4.69) is 69.3 Å². The summed E-state index contributed by atoms with van der Waals surface area (Å²) in [6, 6.07) is 21.0. The molecular weight excluding hydrogens is 426 g/mol. The fraction of sp³-hybridized carbons (Fsp3) is 0.269. The summed E-state index contributed by atoms with van der Waals surface area (Å²) in [4.78, 5) is 20.5. The summed E-state index contributed by atoms with van der Waals surface area (Å²) in [6.07, 6.45) is 2.81. The van der Waals surface area contributed by atoms with Crippen molar-refractivity contribution >= 4 is 17.4 Å². The van der Waals surface area contributed by atoms with Crippen molar-refractivity contribution in [3.8, 4) is 11.3 Å². The minimum Gasteiger partial charge on any atom is -0.363 e. The molecule has 2 aromatic carbocycles. The second kappa shape index (κ2) is 10.0. The van der Waals surface area contributed by atoms with Crippen LogP contribution in [0.4, 0.5) is 5.69 Å². The van der Waals surface area contributed by atoms with Crippen LogP contribution in [0.2, 0.25) is 0 Å². The van der Waals surface area contributed by atoms with E-state index in [-0.39, 0.29) is 5.84 Å². The monoisotopic (exact) mass is 455 g/mol. The smallest absolute Gasteiger partial charge is 0.286 e. The van der Waals surface area contributed by atoms with Gasteiger partial charge in [0.25, 0.3) is 5.91 Å². The molecule has 2 aliphatic heterocycles. The van der Waals surface area contributed by atoms with Gasteiger partial charge in [-0.05, 0) is 47.4 Å². The minimum atomic E-state index is -0.545. The summed E-state index contributed by atoms with van der Waals surface area (Å²) in [5, 5.41) is 7.35. The number of hydrogen-bond donors (Lipinski definition) is 3. The number of rotatable bonds is 7. The number of aromatic nitrogens is 1. The Morgan fingerprint density at radius 3 is 2.50 bits per heavy atom. The van der Waals surface area contributed by atoms with E-state index in [9.17, 15) is 4.79 Å². The zero-order valence-electron chi connectivity index (χ0n) is 19.1. The highest BCUT2D eigenvalue weighted by atomic mass is 16.1. The number of nitrogens with two attached hydrogens (primary N) is 1. The summed E-state index contributed by atoms with van der Waals surface area (Å²) in [7, 11) is 0. The average Bonchev–Trinajstić information content (AvgIpc) is 3.36. The van der Waals surface area contributed by atoms with Crippen molar-refractivity contribution in [3.05, 3.63) is 83.6 Å². The first kappa shape index (κ1) is 22.1. The third-order valence-corrected chi connectivity index (χ3v) is 6.21. The number of hydrogen-bond acceptors (Lipinski definition) is 7. The lowest BCUT2D eigenvalue weighted by molar-refractivity contribution is -0.112. The van der Waals surface area contributed by atoms with E-state index < -0.39 is 5.91 Å². The Morgan fingerprint density at radius 1 is 0.971 bits per heavy atom. The zero-order chi connectivity index (χ0) is 23.3. The van der Waals surface area contributed by atoms with Crippen LogP contribution in [0.1, 0.15) is 16.7 Å². The molecule has 8 nitrogen and oxygen atoms in total. The number of hydrazone groups is 1. The molecule has 1 aromatic heterocycles. The Balaban J connectivity index is 1.24. The molecule has 0 spiro atoms. The third-order valence-electron chi connectivity index (χ3n) is 6.21. The number of piperazine rings is 1. The molecule has 0 radical (unpaired) electrons. The summed E-state index contributed by atoms with van der Waals surface area (Å²) in [6.45, 7) is 5.66. The Morgan fingerprint density at radius 2 is 1.76 bits per heavy atom. The Hall–Kier alpha value is -3.75. The molecule has 0 aliphatic carbocycles. The lowest BCUT2D eigenvalue weighted by Crippen LogP contribution is -2.42. The molecule has 5 rings (SSSR count). The van der Waals surface area contributed by atoms with Gasteiger partial charge in [-0.2, -0.15) is 5.10 Å². The number of nitrogens with one attached hydrogen (secondary N) is 2. The Labute approximate surface area is 199 Å². The van der Waals surface area contributed by atoms with Crippen LogP contribution >= 0.6 is 0 Å². The maximum absolute atomic E-state index is 11.6. The van der Waals surface area contributed by atoms with Crippen molar-refractivity contribution in [1.29, 1.82) is 0 Å². The van der Waals surface area contributed by atoms with Gasteiger partial charge in [0.2, 0.25) is 5.84 Å². The molecule has 0 atom stereocenters. The molecule has 1 fully saturated rings. The molecule has 0 saturated carbocycles. The second-order valence-electron chi connectivity index (χ2n) is 8.67. The first-order valence-electron chi connectivity index (χ1n) is 11.6. The van der Waals surface area contributed by atoms with E-state index >= 15 is 0 Å². The number of amidine groups is 1. The number of anilines is 1. The van der Waals surface area contributed by atoms with Gasteiger partial charge in [-0.15, -0.1) is 0 Å². The Bertz CT molecular complexity index is 1170. The highest BCUT2D eigenvalue weighted by molar-refractivity contribution is 6.42. The number of primary amides is 1. The molecule has 0 unspecified atom stereocenters. The van der Waals surface area contributed by atoms with Crippen LogP contribution in [-0.2, 0) is 17.8 Å². The maximum Gasteiger partial charge on any atom is 0.286 e. The lowest BCUT2D eigenvalue weighted by Gasteiger charge is -2.27. The standard InChI is InChI=1S/C26H29N7O/c27-25(34)26-31-30-18-33(26)23-7-4-19(5-8-23)14-20-2-1-3-22(15-20)24-9-6-21(16-29-24)17-32-12-10-28-11-13-32/h1-9,15-16,28,30H,10-14,17-18H2,(H2,27,34). The molecule has 8 heteroatoms. The van der Waals surface area contributed by atoms with Crippen molar-refractivity contribution in [2.24, 2.45) is 10.8 Å².